The molecule has 0 saturated carbocycles. The minimum atomic E-state index is -0.460. The summed E-state index contributed by atoms with van der Waals surface area (Å²) in [6.07, 6.45) is 2.05. The van der Waals surface area contributed by atoms with Crippen molar-refractivity contribution in [3.63, 3.8) is 0 Å². The van der Waals surface area contributed by atoms with E-state index in [1.165, 1.54) is 11.3 Å². The molecule has 7 heteroatoms. The normalized spacial score (nSPS) is 24.6. The molecule has 6 nitrogen and oxygen atoms in total. The summed E-state index contributed by atoms with van der Waals surface area (Å²) < 4.78 is 0. The van der Waals surface area contributed by atoms with Crippen LogP contribution in [0.4, 0.5) is 5.00 Å². The molecule has 2 unspecified atom stereocenters. The average Bonchev–Trinajstić information content (AvgIpc) is 2.86. The summed E-state index contributed by atoms with van der Waals surface area (Å²) in [6, 6.07) is -0.460. The van der Waals surface area contributed by atoms with Crippen LogP contribution in [0.3, 0.4) is 0 Å². The summed E-state index contributed by atoms with van der Waals surface area (Å²) in [4.78, 5) is 28.1. The van der Waals surface area contributed by atoms with Crippen LogP contribution >= 0.6 is 11.3 Å². The number of rotatable bonds is 3. The van der Waals surface area contributed by atoms with Gasteiger partial charge < -0.3 is 16.4 Å². The maximum Gasteiger partial charge on any atom is 0.240 e. The van der Waals surface area contributed by atoms with E-state index in [2.05, 4.69) is 4.98 Å². The molecule has 2 heterocycles. The summed E-state index contributed by atoms with van der Waals surface area (Å²) in [6.45, 7) is 0.436. The number of hydrogen-bond acceptors (Lipinski definition) is 5. The third kappa shape index (κ3) is 1.85. The Bertz CT molecular complexity index is 406. The second kappa shape index (κ2) is 4.09. The monoisotopic (exact) mass is 240 g/mol. The first-order chi connectivity index (χ1) is 7.59. The lowest BCUT2D eigenvalue weighted by Crippen LogP contribution is -2.39. The van der Waals surface area contributed by atoms with Crippen molar-refractivity contribution < 1.29 is 9.59 Å². The van der Waals surface area contributed by atoms with Crippen LogP contribution in [0.1, 0.15) is 6.42 Å². The number of anilines is 1. The summed E-state index contributed by atoms with van der Waals surface area (Å²) in [5.41, 5.74) is 12.2. The van der Waals surface area contributed by atoms with Crippen LogP contribution in [0.25, 0.3) is 0 Å². The van der Waals surface area contributed by atoms with Gasteiger partial charge in [-0.2, -0.15) is 0 Å². The van der Waals surface area contributed by atoms with Crippen LogP contribution in [0.2, 0.25) is 0 Å². The fraction of sp³-hybridized carbons (Fsp3) is 0.444. The number of thiazole rings is 1. The lowest BCUT2D eigenvalue weighted by atomic mass is 10.1. The third-order valence-corrected chi connectivity index (χ3v) is 3.54. The molecule has 1 aromatic heterocycles. The SMILES string of the molecule is NC(=O)C1CC(C(N)=O)N(c2cncs2)C1. The quantitative estimate of drug-likeness (QED) is 0.729. The van der Waals surface area contributed by atoms with Crippen molar-refractivity contribution in [2.45, 2.75) is 12.5 Å². The smallest absolute Gasteiger partial charge is 0.240 e. The van der Waals surface area contributed by atoms with Crippen LogP contribution in [0, 0.1) is 5.92 Å². The first-order valence-electron chi connectivity index (χ1n) is 4.83. The van der Waals surface area contributed by atoms with E-state index in [9.17, 15) is 9.59 Å². The molecule has 0 aliphatic carbocycles. The fourth-order valence-electron chi connectivity index (χ4n) is 1.91. The summed E-state index contributed by atoms with van der Waals surface area (Å²) >= 11 is 1.41. The van der Waals surface area contributed by atoms with E-state index in [0.717, 1.165) is 5.00 Å². The van der Waals surface area contributed by atoms with E-state index in [1.54, 1.807) is 16.6 Å². The first kappa shape index (κ1) is 10.9. The molecule has 1 aromatic rings. The van der Waals surface area contributed by atoms with Crippen molar-refractivity contribution in [2.24, 2.45) is 17.4 Å². The van der Waals surface area contributed by atoms with Gasteiger partial charge in [0.05, 0.1) is 17.6 Å². The highest BCUT2D eigenvalue weighted by Gasteiger charge is 2.38. The second-order valence-electron chi connectivity index (χ2n) is 3.75. The number of nitrogens with zero attached hydrogens (tertiary/aromatic N) is 2. The molecule has 16 heavy (non-hydrogen) atoms. The molecule has 2 amide bonds. The van der Waals surface area contributed by atoms with Crippen LogP contribution < -0.4 is 16.4 Å². The summed E-state index contributed by atoms with van der Waals surface area (Å²) in [7, 11) is 0. The number of primary amides is 2. The Labute approximate surface area is 96.2 Å². The van der Waals surface area contributed by atoms with Gasteiger partial charge in [0.25, 0.3) is 0 Å². The van der Waals surface area contributed by atoms with Crippen molar-refractivity contribution in [3.8, 4) is 0 Å². The molecule has 2 rings (SSSR count). The highest BCUT2D eigenvalue weighted by Crippen LogP contribution is 2.31. The second-order valence-corrected chi connectivity index (χ2v) is 4.61. The Morgan fingerprint density at radius 3 is 2.69 bits per heavy atom. The molecular formula is C9H12N4O2S. The third-order valence-electron chi connectivity index (χ3n) is 2.73. The highest BCUT2D eigenvalue weighted by atomic mass is 32.1. The zero-order valence-electron chi connectivity index (χ0n) is 8.50. The number of carbonyl (C=O) groups excluding carboxylic acids is 2. The van der Waals surface area contributed by atoms with Gasteiger partial charge in [-0.1, -0.05) is 0 Å². The average molecular weight is 240 g/mol. The number of amides is 2. The Hall–Kier alpha value is -1.63. The van der Waals surface area contributed by atoms with Crippen molar-refractivity contribution >= 4 is 28.2 Å². The number of aromatic nitrogens is 1. The Kier molecular flexibility index (Phi) is 2.78. The van der Waals surface area contributed by atoms with Gasteiger partial charge in [0, 0.05) is 6.54 Å². The molecule has 1 saturated heterocycles. The predicted octanol–water partition coefficient (Wildman–Crippen LogP) is -0.691. The van der Waals surface area contributed by atoms with Gasteiger partial charge >= 0.3 is 0 Å². The van der Waals surface area contributed by atoms with Crippen LogP contribution in [-0.2, 0) is 9.59 Å². The minimum Gasteiger partial charge on any atom is -0.369 e. The molecule has 86 valence electrons. The van der Waals surface area contributed by atoms with Gasteiger partial charge in [-0.25, -0.2) is 0 Å². The van der Waals surface area contributed by atoms with E-state index >= 15 is 0 Å². The Morgan fingerprint density at radius 2 is 2.19 bits per heavy atom. The number of carbonyl (C=O) groups is 2. The van der Waals surface area contributed by atoms with Gasteiger partial charge in [0.1, 0.15) is 11.0 Å². The fourth-order valence-corrected chi connectivity index (χ4v) is 2.59. The van der Waals surface area contributed by atoms with Crippen LogP contribution in [-0.4, -0.2) is 29.4 Å². The predicted molar refractivity (Wildman–Crippen MR) is 59.7 cm³/mol. The molecule has 1 fully saturated rings. The molecular weight excluding hydrogens is 228 g/mol. The van der Waals surface area contributed by atoms with E-state index in [1.807, 2.05) is 0 Å². The van der Waals surface area contributed by atoms with Crippen molar-refractivity contribution in [1.29, 1.82) is 0 Å². The van der Waals surface area contributed by atoms with E-state index in [-0.39, 0.29) is 5.92 Å². The van der Waals surface area contributed by atoms with Crippen molar-refractivity contribution in [1.82, 2.24) is 4.98 Å². The van der Waals surface area contributed by atoms with Crippen LogP contribution in [0.5, 0.6) is 0 Å². The van der Waals surface area contributed by atoms with Gasteiger partial charge in [0.15, 0.2) is 0 Å². The summed E-state index contributed by atoms with van der Waals surface area (Å²) in [5.74, 6) is -1.14. The molecule has 0 spiro atoms. The molecule has 0 radical (unpaired) electrons. The van der Waals surface area contributed by atoms with Gasteiger partial charge in [-0.05, 0) is 6.42 Å². The van der Waals surface area contributed by atoms with E-state index in [4.69, 9.17) is 11.5 Å². The number of hydrogen-bond donors (Lipinski definition) is 2. The zero-order chi connectivity index (χ0) is 11.7. The first-order valence-corrected chi connectivity index (χ1v) is 5.71. The van der Waals surface area contributed by atoms with Gasteiger partial charge in [-0.3, -0.25) is 14.6 Å². The minimum absolute atomic E-state index is 0.320. The van der Waals surface area contributed by atoms with Gasteiger partial charge in [0.2, 0.25) is 11.8 Å². The summed E-state index contributed by atoms with van der Waals surface area (Å²) in [5, 5.41) is 0.840. The van der Waals surface area contributed by atoms with E-state index < -0.39 is 17.9 Å². The van der Waals surface area contributed by atoms with E-state index in [0.29, 0.717) is 13.0 Å². The Balaban J connectivity index is 2.23. The molecule has 4 N–H and O–H groups in total. The highest BCUT2D eigenvalue weighted by molar-refractivity contribution is 7.13. The lowest BCUT2D eigenvalue weighted by Gasteiger charge is -2.21. The molecule has 0 bridgehead atoms. The Morgan fingerprint density at radius 1 is 1.44 bits per heavy atom. The molecule has 1 aliphatic rings. The van der Waals surface area contributed by atoms with Crippen LogP contribution in [0.15, 0.2) is 11.7 Å². The largest absolute Gasteiger partial charge is 0.369 e. The topological polar surface area (TPSA) is 102 Å². The van der Waals surface area contributed by atoms with Gasteiger partial charge in [-0.15, -0.1) is 11.3 Å². The van der Waals surface area contributed by atoms with Crippen molar-refractivity contribution in [3.05, 3.63) is 11.7 Å². The maximum absolute atomic E-state index is 11.3. The zero-order valence-corrected chi connectivity index (χ0v) is 9.31. The molecule has 1 aliphatic heterocycles. The molecule has 2 atom stereocenters. The molecule has 0 aromatic carbocycles. The van der Waals surface area contributed by atoms with Crippen molar-refractivity contribution in [2.75, 3.05) is 11.4 Å². The maximum atomic E-state index is 11.3. The lowest BCUT2D eigenvalue weighted by molar-refractivity contribution is -0.121. The number of nitrogens with two attached hydrogens (primary N) is 2. The standard InChI is InChI=1S/C9H12N4O2S/c10-8(14)5-1-6(9(11)15)13(3-5)7-2-12-4-16-7/h2,4-6H,1,3H2,(H2,10,14)(H2,11,15).